The molecule has 4 aromatic rings. The average Bonchev–Trinajstić information content (AvgIpc) is 2.80. The van der Waals surface area contributed by atoms with E-state index in [2.05, 4.69) is 11.1 Å². The number of benzene rings is 3. The van der Waals surface area contributed by atoms with Gasteiger partial charge in [-0.15, -0.1) is 0 Å². The van der Waals surface area contributed by atoms with Crippen molar-refractivity contribution in [2.24, 2.45) is 0 Å². The highest BCUT2D eigenvalue weighted by Crippen LogP contribution is 2.25. The molecule has 0 aliphatic carbocycles. The van der Waals surface area contributed by atoms with Gasteiger partial charge in [0.25, 0.3) is 5.91 Å². The Kier molecular flexibility index (Phi) is 6.19. The van der Waals surface area contributed by atoms with Crippen LogP contribution < -0.4 is 4.74 Å². The number of methoxy groups -OCH3 is 1. The average molecular weight is 431 g/mol. The van der Waals surface area contributed by atoms with E-state index in [0.29, 0.717) is 23.8 Å². The van der Waals surface area contributed by atoms with Gasteiger partial charge >= 0.3 is 0 Å². The molecule has 1 heterocycles. The molecule has 4 rings (SSSR count). The number of amides is 1. The van der Waals surface area contributed by atoms with Gasteiger partial charge in [-0.1, -0.05) is 53.6 Å². The number of rotatable bonds is 6. The second kappa shape index (κ2) is 9.19. The van der Waals surface area contributed by atoms with E-state index in [0.717, 1.165) is 33.3 Å². The van der Waals surface area contributed by atoms with Gasteiger partial charge in [0, 0.05) is 29.6 Å². The number of carbonyl (C=O) groups is 1. The van der Waals surface area contributed by atoms with Crippen LogP contribution >= 0.6 is 11.6 Å². The topological polar surface area (TPSA) is 42.4 Å². The van der Waals surface area contributed by atoms with Crippen LogP contribution in [0.15, 0.2) is 78.9 Å². The molecule has 0 aliphatic heterocycles. The molecule has 0 aliphatic rings. The van der Waals surface area contributed by atoms with E-state index in [-0.39, 0.29) is 5.91 Å². The molecule has 0 radical (unpaired) electrons. The van der Waals surface area contributed by atoms with Crippen LogP contribution in [-0.2, 0) is 13.1 Å². The molecule has 0 unspecified atom stereocenters. The van der Waals surface area contributed by atoms with Crippen molar-refractivity contribution in [3.05, 3.63) is 106 Å². The van der Waals surface area contributed by atoms with Gasteiger partial charge in [-0.05, 0) is 55.0 Å². The Balaban J connectivity index is 1.68. The van der Waals surface area contributed by atoms with Crippen LogP contribution in [0.5, 0.6) is 5.75 Å². The fourth-order valence-electron chi connectivity index (χ4n) is 3.55. The maximum Gasteiger partial charge on any atom is 0.254 e. The van der Waals surface area contributed by atoms with Gasteiger partial charge in [0.05, 0.1) is 12.6 Å². The molecule has 31 heavy (non-hydrogen) atoms. The minimum atomic E-state index is -0.0585. The Hall–Kier alpha value is -3.37. The molecule has 0 atom stereocenters. The minimum Gasteiger partial charge on any atom is -0.497 e. The Morgan fingerprint density at radius 3 is 2.42 bits per heavy atom. The van der Waals surface area contributed by atoms with Gasteiger partial charge in [0.1, 0.15) is 10.9 Å². The third-order valence-electron chi connectivity index (χ3n) is 5.20. The highest BCUT2D eigenvalue weighted by atomic mass is 35.5. The second-order valence-corrected chi connectivity index (χ2v) is 7.87. The third-order valence-corrected chi connectivity index (χ3v) is 5.53. The van der Waals surface area contributed by atoms with Crippen molar-refractivity contribution in [1.82, 2.24) is 9.88 Å². The standard InChI is InChI=1S/C26H23ClN2O2/c1-18-8-13-24-21(14-18)15-22(25(27)28-24)17-29(26(30)20-6-4-3-5-7-20)16-19-9-11-23(31-2)12-10-19/h3-15H,16-17H2,1-2H3. The maximum absolute atomic E-state index is 13.3. The molecule has 0 fully saturated rings. The monoisotopic (exact) mass is 430 g/mol. The molecule has 4 nitrogen and oxygen atoms in total. The smallest absolute Gasteiger partial charge is 0.254 e. The highest BCUT2D eigenvalue weighted by molar-refractivity contribution is 6.30. The van der Waals surface area contributed by atoms with Crippen LogP contribution in [0.2, 0.25) is 5.15 Å². The Labute approximate surface area is 187 Å². The Morgan fingerprint density at radius 1 is 0.968 bits per heavy atom. The molecular formula is C26H23ClN2O2. The summed E-state index contributed by atoms with van der Waals surface area (Å²) in [5.74, 6) is 0.721. The largest absolute Gasteiger partial charge is 0.497 e. The fraction of sp³-hybridized carbons (Fsp3) is 0.154. The summed E-state index contributed by atoms with van der Waals surface area (Å²) in [5, 5.41) is 1.42. The first-order chi connectivity index (χ1) is 15.0. The van der Waals surface area contributed by atoms with Crippen molar-refractivity contribution < 1.29 is 9.53 Å². The molecule has 0 spiro atoms. The van der Waals surface area contributed by atoms with E-state index in [1.807, 2.05) is 79.7 Å². The molecule has 0 saturated carbocycles. The van der Waals surface area contributed by atoms with E-state index < -0.39 is 0 Å². The zero-order valence-electron chi connectivity index (χ0n) is 17.5. The van der Waals surface area contributed by atoms with Crippen molar-refractivity contribution in [3.8, 4) is 5.75 Å². The summed E-state index contributed by atoms with van der Waals surface area (Å²) in [6.45, 7) is 2.85. The minimum absolute atomic E-state index is 0.0585. The first-order valence-corrected chi connectivity index (χ1v) is 10.4. The van der Waals surface area contributed by atoms with E-state index in [4.69, 9.17) is 16.3 Å². The fourth-order valence-corrected chi connectivity index (χ4v) is 3.75. The van der Waals surface area contributed by atoms with Crippen molar-refractivity contribution in [2.45, 2.75) is 20.0 Å². The van der Waals surface area contributed by atoms with Crippen molar-refractivity contribution >= 4 is 28.4 Å². The molecule has 5 heteroatoms. The molecule has 0 N–H and O–H groups in total. The lowest BCUT2D eigenvalue weighted by Crippen LogP contribution is -2.30. The predicted molar refractivity (Wildman–Crippen MR) is 125 cm³/mol. The van der Waals surface area contributed by atoms with Gasteiger partial charge in [-0.2, -0.15) is 0 Å². The van der Waals surface area contributed by atoms with E-state index in [1.165, 1.54) is 0 Å². The summed E-state index contributed by atoms with van der Waals surface area (Å²) in [6.07, 6.45) is 0. The molecule has 0 saturated heterocycles. The predicted octanol–water partition coefficient (Wildman–Crippen LogP) is 6.05. The summed E-state index contributed by atoms with van der Waals surface area (Å²) in [5.41, 5.74) is 4.45. The van der Waals surface area contributed by atoms with Gasteiger partial charge in [0.2, 0.25) is 0 Å². The number of nitrogens with zero attached hydrogens (tertiary/aromatic N) is 2. The zero-order chi connectivity index (χ0) is 21.8. The molecule has 1 aromatic heterocycles. The van der Waals surface area contributed by atoms with Crippen LogP contribution in [-0.4, -0.2) is 22.9 Å². The molecular weight excluding hydrogens is 408 g/mol. The molecule has 1 amide bonds. The Bertz CT molecular complexity index is 1210. The number of aromatic nitrogens is 1. The number of carbonyl (C=O) groups excluding carboxylic acids is 1. The van der Waals surface area contributed by atoms with Crippen LogP contribution in [0.4, 0.5) is 0 Å². The Morgan fingerprint density at radius 2 is 1.71 bits per heavy atom. The first kappa shape index (κ1) is 20.9. The maximum atomic E-state index is 13.3. The normalized spacial score (nSPS) is 10.8. The number of fused-ring (bicyclic) bond motifs is 1. The number of hydrogen-bond acceptors (Lipinski definition) is 3. The van der Waals surface area contributed by atoms with Crippen LogP contribution in [0, 0.1) is 6.92 Å². The van der Waals surface area contributed by atoms with E-state index in [9.17, 15) is 4.79 Å². The van der Waals surface area contributed by atoms with Crippen molar-refractivity contribution in [1.29, 1.82) is 0 Å². The summed E-state index contributed by atoms with van der Waals surface area (Å²) in [6, 6.07) is 25.1. The van der Waals surface area contributed by atoms with Crippen molar-refractivity contribution in [2.75, 3.05) is 7.11 Å². The van der Waals surface area contributed by atoms with E-state index >= 15 is 0 Å². The summed E-state index contributed by atoms with van der Waals surface area (Å²) < 4.78 is 5.25. The van der Waals surface area contributed by atoms with Gasteiger partial charge in [-0.3, -0.25) is 4.79 Å². The summed E-state index contributed by atoms with van der Waals surface area (Å²) >= 11 is 6.51. The lowest BCUT2D eigenvalue weighted by Gasteiger charge is -2.24. The number of ether oxygens (including phenoxy) is 1. The first-order valence-electron chi connectivity index (χ1n) is 10.1. The van der Waals surface area contributed by atoms with Gasteiger partial charge < -0.3 is 9.64 Å². The second-order valence-electron chi connectivity index (χ2n) is 7.51. The SMILES string of the molecule is COc1ccc(CN(Cc2cc3cc(C)ccc3nc2Cl)C(=O)c2ccccc2)cc1. The number of halogens is 1. The number of hydrogen-bond donors (Lipinski definition) is 0. The van der Waals surface area contributed by atoms with Gasteiger partial charge in [-0.25, -0.2) is 4.98 Å². The lowest BCUT2D eigenvalue weighted by atomic mass is 10.1. The summed E-state index contributed by atoms with van der Waals surface area (Å²) in [4.78, 5) is 19.7. The highest BCUT2D eigenvalue weighted by Gasteiger charge is 2.19. The van der Waals surface area contributed by atoms with Crippen LogP contribution in [0.25, 0.3) is 10.9 Å². The zero-order valence-corrected chi connectivity index (χ0v) is 18.3. The van der Waals surface area contributed by atoms with Crippen LogP contribution in [0.3, 0.4) is 0 Å². The molecule has 3 aromatic carbocycles. The van der Waals surface area contributed by atoms with E-state index in [1.54, 1.807) is 12.0 Å². The molecule has 156 valence electrons. The van der Waals surface area contributed by atoms with Crippen LogP contribution in [0.1, 0.15) is 27.0 Å². The third kappa shape index (κ3) is 4.86. The lowest BCUT2D eigenvalue weighted by molar-refractivity contribution is 0.0730. The number of pyridine rings is 1. The van der Waals surface area contributed by atoms with Gasteiger partial charge in [0.15, 0.2) is 0 Å². The molecule has 0 bridgehead atoms. The van der Waals surface area contributed by atoms with Crippen molar-refractivity contribution in [3.63, 3.8) is 0 Å². The summed E-state index contributed by atoms with van der Waals surface area (Å²) in [7, 11) is 1.64. The number of aryl methyl sites for hydroxylation is 1. The quantitative estimate of drug-likeness (QED) is 0.350.